The van der Waals surface area contributed by atoms with Gasteiger partial charge in [0.05, 0.1) is 17.9 Å². The summed E-state index contributed by atoms with van der Waals surface area (Å²) < 4.78 is 20.1. The van der Waals surface area contributed by atoms with Crippen LogP contribution in [0.5, 0.6) is 0 Å². The normalized spacial score (nSPS) is 11.8. The number of rotatable bonds is 6. The Bertz CT molecular complexity index is 1060. The number of esters is 1. The fourth-order valence-corrected chi connectivity index (χ4v) is 3.06. The van der Waals surface area contributed by atoms with Crippen molar-refractivity contribution in [2.24, 2.45) is 0 Å². The predicted octanol–water partition coefficient (Wildman–Crippen LogP) is 4.18. The van der Waals surface area contributed by atoms with E-state index < -0.39 is 23.8 Å². The molecule has 3 rings (SSSR count). The summed E-state index contributed by atoms with van der Waals surface area (Å²) in [5.74, 6) is -1.51. The Morgan fingerprint density at radius 3 is 2.33 bits per heavy atom. The van der Waals surface area contributed by atoms with Crippen molar-refractivity contribution in [1.29, 1.82) is 0 Å². The van der Waals surface area contributed by atoms with Gasteiger partial charge < -0.3 is 10.1 Å². The van der Waals surface area contributed by atoms with Crippen molar-refractivity contribution in [3.8, 4) is 0 Å². The van der Waals surface area contributed by atoms with Gasteiger partial charge in [-0.3, -0.25) is 9.48 Å². The van der Waals surface area contributed by atoms with Gasteiger partial charge in [0, 0.05) is 5.69 Å². The molecular weight excluding hydrogens is 385 g/mol. The van der Waals surface area contributed by atoms with Crippen molar-refractivity contribution >= 4 is 17.6 Å². The molecule has 6 nitrogen and oxygen atoms in total. The Labute approximate surface area is 174 Å². The van der Waals surface area contributed by atoms with Crippen LogP contribution in [0.25, 0.3) is 0 Å². The molecule has 1 atom stereocenters. The number of amides is 1. The standard InChI is InChI=1S/C23H24FN3O3/c1-14-5-7-18(8-6-14)13-27-16(3)21(15(2)26-27)23(29)30-17(4)22(28)25-20-11-9-19(24)10-12-20/h5-12,17H,13H2,1-4H3,(H,25,28)/t17-/m0/s1. The molecule has 0 fully saturated rings. The largest absolute Gasteiger partial charge is 0.449 e. The molecule has 3 aromatic rings. The molecule has 30 heavy (non-hydrogen) atoms. The molecule has 156 valence electrons. The van der Waals surface area contributed by atoms with Crippen LogP contribution in [0.4, 0.5) is 10.1 Å². The Morgan fingerprint density at radius 1 is 1.07 bits per heavy atom. The molecule has 1 aromatic heterocycles. The van der Waals surface area contributed by atoms with Gasteiger partial charge in [-0.25, -0.2) is 9.18 Å². The minimum Gasteiger partial charge on any atom is -0.449 e. The number of nitrogens with one attached hydrogen (secondary N) is 1. The topological polar surface area (TPSA) is 73.2 Å². The van der Waals surface area contributed by atoms with Gasteiger partial charge in [-0.1, -0.05) is 29.8 Å². The molecule has 0 unspecified atom stereocenters. The third-order valence-corrected chi connectivity index (χ3v) is 4.80. The van der Waals surface area contributed by atoms with E-state index in [2.05, 4.69) is 10.4 Å². The maximum Gasteiger partial charge on any atom is 0.342 e. The van der Waals surface area contributed by atoms with E-state index in [1.807, 2.05) is 31.2 Å². The summed E-state index contributed by atoms with van der Waals surface area (Å²) in [7, 11) is 0. The number of ether oxygens (including phenoxy) is 1. The van der Waals surface area contributed by atoms with E-state index in [4.69, 9.17) is 4.74 Å². The Hall–Kier alpha value is -3.48. The van der Waals surface area contributed by atoms with Gasteiger partial charge in [-0.15, -0.1) is 0 Å². The molecule has 1 amide bonds. The Morgan fingerprint density at radius 2 is 1.70 bits per heavy atom. The molecule has 0 saturated carbocycles. The summed E-state index contributed by atoms with van der Waals surface area (Å²) in [5.41, 5.74) is 4.22. The van der Waals surface area contributed by atoms with Crippen LogP contribution in [0.2, 0.25) is 0 Å². The van der Waals surface area contributed by atoms with Crippen LogP contribution in [0, 0.1) is 26.6 Å². The smallest absolute Gasteiger partial charge is 0.342 e. The summed E-state index contributed by atoms with van der Waals surface area (Å²) >= 11 is 0. The first-order chi connectivity index (χ1) is 14.2. The van der Waals surface area contributed by atoms with E-state index in [0.29, 0.717) is 29.2 Å². The van der Waals surface area contributed by atoms with Crippen LogP contribution in [0.15, 0.2) is 48.5 Å². The van der Waals surface area contributed by atoms with Gasteiger partial charge in [0.25, 0.3) is 5.91 Å². The molecule has 0 aliphatic carbocycles. The van der Waals surface area contributed by atoms with E-state index in [1.165, 1.54) is 36.8 Å². The Kier molecular flexibility index (Phi) is 6.30. The van der Waals surface area contributed by atoms with Gasteiger partial charge >= 0.3 is 5.97 Å². The number of aromatic nitrogens is 2. The number of hydrogen-bond donors (Lipinski definition) is 1. The zero-order valence-corrected chi connectivity index (χ0v) is 17.4. The zero-order valence-electron chi connectivity index (χ0n) is 17.4. The number of carbonyl (C=O) groups is 2. The first kappa shape index (κ1) is 21.2. The molecule has 1 N–H and O–H groups in total. The molecule has 1 heterocycles. The average Bonchev–Trinajstić information content (AvgIpc) is 2.98. The summed E-state index contributed by atoms with van der Waals surface area (Å²) in [4.78, 5) is 25.0. The van der Waals surface area contributed by atoms with E-state index in [0.717, 1.165) is 5.56 Å². The summed E-state index contributed by atoms with van der Waals surface area (Å²) in [6.45, 7) is 7.57. The molecule has 0 bridgehead atoms. The number of aryl methyl sites for hydroxylation is 2. The number of halogens is 1. The number of carbonyl (C=O) groups excluding carboxylic acids is 2. The lowest BCUT2D eigenvalue weighted by Gasteiger charge is -2.14. The van der Waals surface area contributed by atoms with Gasteiger partial charge in [-0.05, 0) is 57.5 Å². The lowest BCUT2D eigenvalue weighted by molar-refractivity contribution is -0.123. The predicted molar refractivity (Wildman–Crippen MR) is 112 cm³/mol. The fourth-order valence-electron chi connectivity index (χ4n) is 3.06. The third-order valence-electron chi connectivity index (χ3n) is 4.80. The summed E-state index contributed by atoms with van der Waals surface area (Å²) in [6, 6.07) is 13.4. The molecule has 0 spiro atoms. The Balaban J connectivity index is 1.68. The second-order valence-corrected chi connectivity index (χ2v) is 7.23. The second-order valence-electron chi connectivity index (χ2n) is 7.23. The second kappa shape index (κ2) is 8.90. The number of hydrogen-bond acceptors (Lipinski definition) is 4. The van der Waals surface area contributed by atoms with E-state index in [9.17, 15) is 14.0 Å². The average molecular weight is 409 g/mol. The number of nitrogens with zero attached hydrogens (tertiary/aromatic N) is 2. The molecule has 0 radical (unpaired) electrons. The van der Waals surface area contributed by atoms with Gasteiger partial charge in [-0.2, -0.15) is 5.10 Å². The van der Waals surface area contributed by atoms with Crippen LogP contribution >= 0.6 is 0 Å². The SMILES string of the molecule is Cc1ccc(Cn2nc(C)c(C(=O)O[C@@H](C)C(=O)Nc3ccc(F)cc3)c2C)cc1. The maximum atomic E-state index is 13.0. The van der Waals surface area contributed by atoms with Crippen molar-refractivity contribution in [3.63, 3.8) is 0 Å². The molecule has 7 heteroatoms. The van der Waals surface area contributed by atoms with E-state index in [1.54, 1.807) is 18.5 Å². The quantitative estimate of drug-likeness (QED) is 0.620. The fraction of sp³-hybridized carbons (Fsp3) is 0.261. The van der Waals surface area contributed by atoms with Crippen LogP contribution in [-0.4, -0.2) is 27.8 Å². The number of benzene rings is 2. The lowest BCUT2D eigenvalue weighted by Crippen LogP contribution is -2.30. The first-order valence-corrected chi connectivity index (χ1v) is 9.61. The van der Waals surface area contributed by atoms with Crippen LogP contribution < -0.4 is 5.32 Å². The molecule has 0 aliphatic heterocycles. The maximum absolute atomic E-state index is 13.0. The molecule has 0 saturated heterocycles. The van der Waals surface area contributed by atoms with Crippen LogP contribution in [-0.2, 0) is 16.1 Å². The van der Waals surface area contributed by atoms with E-state index in [-0.39, 0.29) is 0 Å². The van der Waals surface area contributed by atoms with Crippen molar-refractivity contribution in [2.45, 2.75) is 40.3 Å². The van der Waals surface area contributed by atoms with Gasteiger partial charge in [0.2, 0.25) is 0 Å². The summed E-state index contributed by atoms with van der Waals surface area (Å²) in [6.07, 6.45) is -1.03. The van der Waals surface area contributed by atoms with Crippen LogP contribution in [0.3, 0.4) is 0 Å². The summed E-state index contributed by atoms with van der Waals surface area (Å²) in [5, 5.41) is 7.05. The molecular formula is C23H24FN3O3. The first-order valence-electron chi connectivity index (χ1n) is 9.61. The zero-order chi connectivity index (χ0) is 21.8. The van der Waals surface area contributed by atoms with Crippen molar-refractivity contribution in [2.75, 3.05) is 5.32 Å². The third kappa shape index (κ3) is 4.92. The highest BCUT2D eigenvalue weighted by molar-refractivity contribution is 5.98. The monoisotopic (exact) mass is 409 g/mol. The minimum atomic E-state index is -1.03. The van der Waals surface area contributed by atoms with Crippen LogP contribution in [0.1, 0.15) is 39.8 Å². The highest BCUT2D eigenvalue weighted by atomic mass is 19.1. The molecule has 2 aromatic carbocycles. The molecule has 0 aliphatic rings. The highest BCUT2D eigenvalue weighted by Crippen LogP contribution is 2.18. The van der Waals surface area contributed by atoms with Crippen molar-refractivity contribution in [1.82, 2.24) is 9.78 Å². The van der Waals surface area contributed by atoms with Crippen molar-refractivity contribution in [3.05, 3.63) is 82.4 Å². The minimum absolute atomic E-state index is 0.351. The van der Waals surface area contributed by atoms with Crippen molar-refractivity contribution < 1.29 is 18.7 Å². The van der Waals surface area contributed by atoms with E-state index >= 15 is 0 Å². The highest BCUT2D eigenvalue weighted by Gasteiger charge is 2.24. The number of anilines is 1. The van der Waals surface area contributed by atoms with Gasteiger partial charge in [0.1, 0.15) is 11.4 Å². The lowest BCUT2D eigenvalue weighted by atomic mass is 10.1. The van der Waals surface area contributed by atoms with Gasteiger partial charge in [0.15, 0.2) is 6.10 Å².